The molecule has 18 heavy (non-hydrogen) atoms. The Kier molecular flexibility index (Phi) is 4.66. The third-order valence-electron chi connectivity index (χ3n) is 3.13. The minimum atomic E-state index is -3.41. The molecule has 0 radical (unpaired) electrons. The van der Waals surface area contributed by atoms with Crippen LogP contribution in [0.1, 0.15) is 25.7 Å². The van der Waals surface area contributed by atoms with Crippen molar-refractivity contribution in [3.63, 3.8) is 0 Å². The number of hydrogen-bond donors (Lipinski definition) is 1. The van der Waals surface area contributed by atoms with Gasteiger partial charge in [0.1, 0.15) is 4.21 Å². The van der Waals surface area contributed by atoms with Crippen molar-refractivity contribution in [2.45, 2.75) is 35.9 Å². The molecule has 0 saturated carbocycles. The molecule has 1 aromatic heterocycles. The highest BCUT2D eigenvalue weighted by Crippen LogP contribution is 2.33. The van der Waals surface area contributed by atoms with Gasteiger partial charge in [-0.05, 0) is 37.8 Å². The highest BCUT2D eigenvalue weighted by Gasteiger charge is 2.35. The van der Waals surface area contributed by atoms with Crippen LogP contribution in [-0.4, -0.2) is 37.0 Å². The Bertz CT molecular complexity index is 500. The molecule has 1 aliphatic rings. The quantitative estimate of drug-likeness (QED) is 0.908. The van der Waals surface area contributed by atoms with Crippen molar-refractivity contribution in [2.24, 2.45) is 0 Å². The van der Waals surface area contributed by atoms with Gasteiger partial charge in [-0.15, -0.1) is 11.3 Å². The normalized spacial score (nSPS) is 21.6. The first kappa shape index (κ1) is 14.3. The number of thiophene rings is 1. The predicted molar refractivity (Wildman–Crippen MR) is 72.6 cm³/mol. The van der Waals surface area contributed by atoms with Gasteiger partial charge in [-0.25, -0.2) is 8.42 Å². The summed E-state index contributed by atoms with van der Waals surface area (Å²) in [6.07, 6.45) is 3.11. The summed E-state index contributed by atoms with van der Waals surface area (Å²) < 4.78 is 27.2. The van der Waals surface area contributed by atoms with Gasteiger partial charge in [-0.3, -0.25) is 0 Å². The van der Waals surface area contributed by atoms with E-state index in [4.69, 9.17) is 16.7 Å². The van der Waals surface area contributed by atoms with Crippen LogP contribution in [0.15, 0.2) is 16.3 Å². The Hall–Kier alpha value is -0.140. The third-order valence-corrected chi connectivity index (χ3v) is 6.78. The lowest BCUT2D eigenvalue weighted by molar-refractivity contribution is 0.264. The summed E-state index contributed by atoms with van der Waals surface area (Å²) in [5, 5.41) is 8.85. The zero-order valence-corrected chi connectivity index (χ0v) is 12.3. The smallest absolute Gasteiger partial charge is 0.252 e. The summed E-state index contributed by atoms with van der Waals surface area (Å²) in [4.78, 5) is 0. The summed E-state index contributed by atoms with van der Waals surface area (Å²) in [5.41, 5.74) is 0. The molecule has 2 heterocycles. The average molecular weight is 310 g/mol. The van der Waals surface area contributed by atoms with Crippen LogP contribution in [0, 0.1) is 0 Å². The Morgan fingerprint density at radius 2 is 2.28 bits per heavy atom. The fraction of sp³-hybridized carbons (Fsp3) is 0.636. The molecule has 0 spiro atoms. The van der Waals surface area contributed by atoms with Crippen LogP contribution in [0.25, 0.3) is 0 Å². The fourth-order valence-electron chi connectivity index (χ4n) is 2.29. The second-order valence-corrected chi connectivity index (χ2v) is 8.17. The van der Waals surface area contributed by atoms with E-state index in [1.807, 2.05) is 0 Å². The second kappa shape index (κ2) is 5.88. The van der Waals surface area contributed by atoms with Gasteiger partial charge < -0.3 is 5.11 Å². The molecule has 1 N–H and O–H groups in total. The molecule has 7 heteroatoms. The molecule has 1 unspecified atom stereocenters. The Morgan fingerprint density at radius 3 is 2.89 bits per heavy atom. The summed E-state index contributed by atoms with van der Waals surface area (Å²) >= 11 is 6.89. The number of aliphatic hydroxyl groups is 1. The van der Waals surface area contributed by atoms with Gasteiger partial charge in [0, 0.05) is 19.2 Å². The van der Waals surface area contributed by atoms with Crippen molar-refractivity contribution in [1.82, 2.24) is 4.31 Å². The molecule has 1 aromatic rings. The first-order valence-electron chi connectivity index (χ1n) is 5.94. The van der Waals surface area contributed by atoms with Gasteiger partial charge in [-0.2, -0.15) is 4.31 Å². The number of nitrogens with zero attached hydrogens (tertiary/aromatic N) is 1. The molecule has 0 aromatic carbocycles. The Labute approximate surface area is 116 Å². The van der Waals surface area contributed by atoms with E-state index < -0.39 is 10.0 Å². The van der Waals surface area contributed by atoms with Gasteiger partial charge in [0.15, 0.2) is 0 Å². The lowest BCUT2D eigenvalue weighted by Crippen LogP contribution is -2.35. The highest BCUT2D eigenvalue weighted by atomic mass is 35.5. The number of halogens is 1. The Morgan fingerprint density at radius 1 is 1.50 bits per heavy atom. The van der Waals surface area contributed by atoms with E-state index in [1.165, 1.54) is 0 Å². The molecule has 0 bridgehead atoms. The number of rotatable bonds is 5. The number of sulfonamides is 1. The molecule has 1 fully saturated rings. The molecule has 0 aliphatic carbocycles. The third kappa shape index (κ3) is 2.88. The van der Waals surface area contributed by atoms with Crippen LogP contribution in [-0.2, 0) is 10.0 Å². The van der Waals surface area contributed by atoms with Crippen LogP contribution >= 0.6 is 22.9 Å². The summed E-state index contributed by atoms with van der Waals surface area (Å²) in [5.74, 6) is 0. The largest absolute Gasteiger partial charge is 0.396 e. The molecule has 1 atom stereocenters. The molecule has 4 nitrogen and oxygen atoms in total. The van der Waals surface area contributed by atoms with E-state index >= 15 is 0 Å². The van der Waals surface area contributed by atoms with Gasteiger partial charge in [0.05, 0.1) is 4.34 Å². The maximum absolute atomic E-state index is 12.4. The van der Waals surface area contributed by atoms with E-state index in [-0.39, 0.29) is 12.6 Å². The molecule has 102 valence electrons. The van der Waals surface area contributed by atoms with E-state index in [2.05, 4.69) is 0 Å². The van der Waals surface area contributed by atoms with Crippen LogP contribution in [0.3, 0.4) is 0 Å². The average Bonchev–Trinajstić information content (AvgIpc) is 2.95. The predicted octanol–water partition coefficient (Wildman–Crippen LogP) is 2.33. The van der Waals surface area contributed by atoms with Crippen LogP contribution in [0.2, 0.25) is 4.34 Å². The van der Waals surface area contributed by atoms with Gasteiger partial charge in [-0.1, -0.05) is 11.6 Å². The molecule has 2 rings (SSSR count). The lowest BCUT2D eigenvalue weighted by Gasteiger charge is -2.23. The SMILES string of the molecule is O=S(=O)(c1ccc(Cl)s1)N1CCCC1CCCO. The van der Waals surface area contributed by atoms with Gasteiger partial charge in [0.2, 0.25) is 0 Å². The van der Waals surface area contributed by atoms with Crippen molar-refractivity contribution < 1.29 is 13.5 Å². The minimum absolute atomic E-state index is 0.0167. The number of hydrogen-bond acceptors (Lipinski definition) is 4. The van der Waals surface area contributed by atoms with Crippen molar-refractivity contribution in [1.29, 1.82) is 0 Å². The van der Waals surface area contributed by atoms with Gasteiger partial charge >= 0.3 is 0 Å². The summed E-state index contributed by atoms with van der Waals surface area (Å²) in [7, 11) is -3.41. The summed E-state index contributed by atoms with van der Waals surface area (Å²) in [6, 6.07) is 3.19. The number of aliphatic hydroxyl groups excluding tert-OH is 1. The minimum Gasteiger partial charge on any atom is -0.396 e. The zero-order valence-electron chi connectivity index (χ0n) is 9.88. The topological polar surface area (TPSA) is 57.6 Å². The van der Waals surface area contributed by atoms with Crippen molar-refractivity contribution in [3.8, 4) is 0 Å². The second-order valence-electron chi connectivity index (χ2n) is 4.34. The van der Waals surface area contributed by atoms with Crippen molar-refractivity contribution >= 4 is 33.0 Å². The molecular weight excluding hydrogens is 294 g/mol. The monoisotopic (exact) mass is 309 g/mol. The Balaban J connectivity index is 2.18. The standard InChI is InChI=1S/C11H16ClNO3S2/c12-10-5-6-11(17-10)18(15,16)13-7-1-3-9(13)4-2-8-14/h5-6,9,14H,1-4,7-8H2. The van der Waals surface area contributed by atoms with E-state index in [9.17, 15) is 8.42 Å². The van der Waals surface area contributed by atoms with Crippen LogP contribution < -0.4 is 0 Å². The molecule has 1 aliphatic heterocycles. The van der Waals surface area contributed by atoms with Crippen molar-refractivity contribution in [2.75, 3.05) is 13.2 Å². The summed E-state index contributed by atoms with van der Waals surface area (Å²) in [6.45, 7) is 0.670. The van der Waals surface area contributed by atoms with Crippen LogP contribution in [0.4, 0.5) is 0 Å². The zero-order chi connectivity index (χ0) is 13.2. The van der Waals surface area contributed by atoms with E-state index in [0.29, 0.717) is 21.5 Å². The van der Waals surface area contributed by atoms with E-state index in [1.54, 1.807) is 16.4 Å². The van der Waals surface area contributed by atoms with Gasteiger partial charge in [0.25, 0.3) is 10.0 Å². The molecule has 0 amide bonds. The van der Waals surface area contributed by atoms with Crippen LogP contribution in [0.5, 0.6) is 0 Å². The highest BCUT2D eigenvalue weighted by molar-refractivity contribution is 7.91. The first-order valence-corrected chi connectivity index (χ1v) is 8.57. The molecule has 1 saturated heterocycles. The fourth-order valence-corrected chi connectivity index (χ4v) is 5.63. The first-order chi connectivity index (χ1) is 8.55. The maximum Gasteiger partial charge on any atom is 0.252 e. The van der Waals surface area contributed by atoms with Crippen molar-refractivity contribution in [3.05, 3.63) is 16.5 Å². The van der Waals surface area contributed by atoms with E-state index in [0.717, 1.165) is 30.6 Å². The molecular formula is C11H16ClNO3S2. The maximum atomic E-state index is 12.4. The lowest BCUT2D eigenvalue weighted by atomic mass is 10.1.